The zero-order chi connectivity index (χ0) is 13.6. The number of aryl methyl sites for hydroxylation is 1. The fourth-order valence-electron chi connectivity index (χ4n) is 2.13. The summed E-state index contributed by atoms with van der Waals surface area (Å²) in [5, 5.41) is 0. The summed E-state index contributed by atoms with van der Waals surface area (Å²) in [5.41, 5.74) is 8.83. The van der Waals surface area contributed by atoms with Gasteiger partial charge in [0.1, 0.15) is 5.52 Å². The molecule has 0 saturated heterocycles. The van der Waals surface area contributed by atoms with Crippen molar-refractivity contribution in [2.75, 3.05) is 5.73 Å². The highest BCUT2D eigenvalue weighted by Gasteiger charge is 2.14. The first-order valence-corrected chi connectivity index (χ1v) is 6.56. The number of para-hydroxylation sites is 1. The molecule has 1 heterocycles. The zero-order valence-electron chi connectivity index (χ0n) is 10.2. The smallest absolute Gasteiger partial charge is 0.206 e. The Morgan fingerprint density at radius 2 is 2.05 bits per heavy atom. The highest BCUT2D eigenvalue weighted by molar-refractivity contribution is 9.10. The molecule has 0 aliphatic heterocycles. The maximum atomic E-state index is 13.7. The molecule has 0 spiro atoms. The molecule has 0 aliphatic rings. The molecule has 19 heavy (non-hydrogen) atoms. The van der Waals surface area contributed by atoms with Gasteiger partial charge in [0.15, 0.2) is 5.82 Å². The summed E-state index contributed by atoms with van der Waals surface area (Å²) < 4.78 is 16.4. The van der Waals surface area contributed by atoms with Gasteiger partial charge in [-0.2, -0.15) is 0 Å². The molecule has 0 fully saturated rings. The number of benzene rings is 2. The molecule has 3 aromatic rings. The minimum Gasteiger partial charge on any atom is -0.369 e. The number of aromatic nitrogens is 2. The quantitative estimate of drug-likeness (QED) is 0.741. The van der Waals surface area contributed by atoms with Gasteiger partial charge in [-0.3, -0.25) is 4.57 Å². The fraction of sp³-hybridized carbons (Fsp3) is 0.0714. The van der Waals surface area contributed by atoms with Gasteiger partial charge in [0, 0.05) is 4.47 Å². The monoisotopic (exact) mass is 319 g/mol. The number of hydrogen-bond donors (Lipinski definition) is 1. The third kappa shape index (κ3) is 1.90. The largest absolute Gasteiger partial charge is 0.369 e. The van der Waals surface area contributed by atoms with Crippen molar-refractivity contribution in [3.8, 4) is 5.69 Å². The van der Waals surface area contributed by atoms with E-state index in [0.29, 0.717) is 5.52 Å². The van der Waals surface area contributed by atoms with Crippen molar-refractivity contribution < 1.29 is 4.39 Å². The van der Waals surface area contributed by atoms with Gasteiger partial charge in [-0.05, 0) is 52.7 Å². The summed E-state index contributed by atoms with van der Waals surface area (Å²) >= 11 is 3.49. The van der Waals surface area contributed by atoms with Crippen LogP contribution >= 0.6 is 15.9 Å². The van der Waals surface area contributed by atoms with Crippen molar-refractivity contribution in [3.05, 3.63) is 52.3 Å². The minimum atomic E-state index is -0.369. The van der Waals surface area contributed by atoms with Gasteiger partial charge in [-0.1, -0.05) is 12.1 Å². The molecule has 0 aliphatic carbocycles. The number of nitrogen functional groups attached to an aromatic ring is 1. The van der Waals surface area contributed by atoms with Crippen LogP contribution in [0, 0.1) is 12.7 Å². The number of hydrogen-bond acceptors (Lipinski definition) is 2. The van der Waals surface area contributed by atoms with Gasteiger partial charge in [-0.15, -0.1) is 0 Å². The minimum absolute atomic E-state index is 0.270. The molecule has 5 heteroatoms. The molecule has 96 valence electrons. The predicted molar refractivity (Wildman–Crippen MR) is 77.9 cm³/mol. The van der Waals surface area contributed by atoms with Crippen LogP contribution in [0.4, 0.5) is 10.3 Å². The highest BCUT2D eigenvalue weighted by Crippen LogP contribution is 2.29. The van der Waals surface area contributed by atoms with Gasteiger partial charge in [0.2, 0.25) is 5.95 Å². The number of nitrogens with two attached hydrogens (primary N) is 1. The summed E-state index contributed by atoms with van der Waals surface area (Å²) in [4.78, 5) is 4.10. The van der Waals surface area contributed by atoms with E-state index in [-0.39, 0.29) is 17.3 Å². The van der Waals surface area contributed by atoms with E-state index in [0.717, 1.165) is 15.7 Å². The second-order valence-electron chi connectivity index (χ2n) is 4.37. The molecule has 2 aromatic carbocycles. The van der Waals surface area contributed by atoms with E-state index in [1.807, 2.05) is 25.1 Å². The Balaban J connectivity index is 2.39. The molecule has 2 N–H and O–H groups in total. The van der Waals surface area contributed by atoms with E-state index in [4.69, 9.17) is 5.73 Å². The van der Waals surface area contributed by atoms with Crippen LogP contribution in [0.25, 0.3) is 16.7 Å². The summed E-state index contributed by atoms with van der Waals surface area (Å²) in [6.07, 6.45) is 0. The molecule has 0 unspecified atom stereocenters. The Bertz CT molecular complexity index is 780. The average Bonchev–Trinajstić information content (AvgIpc) is 2.70. The molecule has 0 atom stereocenters. The van der Waals surface area contributed by atoms with E-state index in [9.17, 15) is 4.39 Å². The highest BCUT2D eigenvalue weighted by atomic mass is 79.9. The van der Waals surface area contributed by atoms with E-state index in [2.05, 4.69) is 20.9 Å². The fourth-order valence-corrected chi connectivity index (χ4v) is 2.55. The Hall–Kier alpha value is -1.88. The maximum Gasteiger partial charge on any atom is 0.206 e. The molecule has 0 amide bonds. The van der Waals surface area contributed by atoms with Crippen molar-refractivity contribution in [2.45, 2.75) is 6.92 Å². The Morgan fingerprint density at radius 3 is 2.84 bits per heavy atom. The summed E-state index contributed by atoms with van der Waals surface area (Å²) in [7, 11) is 0. The number of nitrogens with zero attached hydrogens (tertiary/aromatic N) is 2. The Kier molecular flexibility index (Phi) is 2.78. The lowest BCUT2D eigenvalue weighted by Gasteiger charge is -2.10. The van der Waals surface area contributed by atoms with Crippen LogP contribution in [0.2, 0.25) is 0 Å². The topological polar surface area (TPSA) is 43.8 Å². The molecule has 0 bridgehead atoms. The first-order valence-electron chi connectivity index (χ1n) is 5.77. The van der Waals surface area contributed by atoms with Crippen LogP contribution in [-0.4, -0.2) is 9.55 Å². The van der Waals surface area contributed by atoms with E-state index in [1.54, 1.807) is 16.7 Å². The first kappa shape index (κ1) is 12.2. The second kappa shape index (κ2) is 4.35. The lowest BCUT2D eigenvalue weighted by Crippen LogP contribution is -2.01. The lowest BCUT2D eigenvalue weighted by atomic mass is 10.2. The van der Waals surface area contributed by atoms with Gasteiger partial charge in [0.25, 0.3) is 0 Å². The van der Waals surface area contributed by atoms with Crippen LogP contribution in [-0.2, 0) is 0 Å². The molecular formula is C14H11BrFN3. The van der Waals surface area contributed by atoms with Gasteiger partial charge in [0.05, 0.1) is 11.2 Å². The third-order valence-corrected chi connectivity index (χ3v) is 3.67. The van der Waals surface area contributed by atoms with E-state index in [1.165, 1.54) is 6.07 Å². The SMILES string of the molecule is Cc1ccc(Br)c(-n2c(N)nc3c(F)cccc32)c1. The van der Waals surface area contributed by atoms with Crippen LogP contribution in [0.5, 0.6) is 0 Å². The van der Waals surface area contributed by atoms with Crippen molar-refractivity contribution in [3.63, 3.8) is 0 Å². The van der Waals surface area contributed by atoms with Crippen molar-refractivity contribution in [2.24, 2.45) is 0 Å². The van der Waals surface area contributed by atoms with Crippen molar-refractivity contribution in [1.29, 1.82) is 0 Å². The van der Waals surface area contributed by atoms with Crippen molar-refractivity contribution >= 4 is 32.9 Å². The van der Waals surface area contributed by atoms with Gasteiger partial charge in [-0.25, -0.2) is 9.37 Å². The summed E-state index contributed by atoms with van der Waals surface area (Å²) in [6.45, 7) is 1.99. The Labute approximate surface area is 118 Å². The normalized spacial score (nSPS) is 11.1. The van der Waals surface area contributed by atoms with Gasteiger partial charge >= 0.3 is 0 Å². The van der Waals surface area contributed by atoms with Crippen molar-refractivity contribution in [1.82, 2.24) is 9.55 Å². The van der Waals surface area contributed by atoms with Gasteiger partial charge < -0.3 is 5.73 Å². The number of halogens is 2. The van der Waals surface area contributed by atoms with Crippen LogP contribution in [0.3, 0.4) is 0 Å². The van der Waals surface area contributed by atoms with Crippen LogP contribution in [0.15, 0.2) is 40.9 Å². The lowest BCUT2D eigenvalue weighted by molar-refractivity contribution is 0.637. The summed E-state index contributed by atoms with van der Waals surface area (Å²) in [5.74, 6) is -0.0990. The van der Waals surface area contributed by atoms with E-state index < -0.39 is 0 Å². The maximum absolute atomic E-state index is 13.7. The van der Waals surface area contributed by atoms with Crippen LogP contribution in [0.1, 0.15) is 5.56 Å². The summed E-state index contributed by atoms with van der Waals surface area (Å²) in [6, 6.07) is 10.7. The molecule has 3 rings (SSSR count). The number of anilines is 1. The third-order valence-electron chi connectivity index (χ3n) is 3.00. The van der Waals surface area contributed by atoms with E-state index >= 15 is 0 Å². The standard InChI is InChI=1S/C14H11BrFN3/c1-8-5-6-9(15)12(7-8)19-11-4-2-3-10(16)13(11)18-14(19)17/h2-7H,1H3,(H2,17,18). The van der Waals surface area contributed by atoms with Crippen LogP contribution < -0.4 is 5.73 Å². The molecule has 3 nitrogen and oxygen atoms in total. The number of rotatable bonds is 1. The number of imidazole rings is 1. The molecule has 0 saturated carbocycles. The second-order valence-corrected chi connectivity index (χ2v) is 5.22. The zero-order valence-corrected chi connectivity index (χ0v) is 11.8. The number of fused-ring (bicyclic) bond motifs is 1. The molecule has 0 radical (unpaired) electrons. The average molecular weight is 320 g/mol. The molecular weight excluding hydrogens is 309 g/mol. The first-order chi connectivity index (χ1) is 9.08. The Morgan fingerprint density at radius 1 is 1.26 bits per heavy atom. The molecule has 1 aromatic heterocycles. The predicted octanol–water partition coefficient (Wildman–Crippen LogP) is 3.82.